The van der Waals surface area contributed by atoms with Gasteiger partial charge in [0.1, 0.15) is 0 Å². The molecule has 1 fully saturated rings. The fraction of sp³-hybridized carbons (Fsp3) is 1.00. The lowest BCUT2D eigenvalue weighted by molar-refractivity contribution is 0.0404. The molecule has 1 heterocycles. The lowest BCUT2D eigenvalue weighted by atomic mass is 9.98. The number of nitrogens with zero attached hydrogens (tertiary/aromatic N) is 1. The van der Waals surface area contributed by atoms with Gasteiger partial charge in [-0.25, -0.2) is 0 Å². The van der Waals surface area contributed by atoms with Gasteiger partial charge in [0.2, 0.25) is 0 Å². The van der Waals surface area contributed by atoms with E-state index in [4.69, 9.17) is 10.5 Å². The van der Waals surface area contributed by atoms with Crippen LogP contribution in [0.3, 0.4) is 0 Å². The zero-order valence-corrected chi connectivity index (χ0v) is 7.25. The first-order chi connectivity index (χ1) is 5.36. The van der Waals surface area contributed by atoms with Crippen LogP contribution < -0.4 is 5.73 Å². The average molecular weight is 158 g/mol. The Kier molecular flexibility index (Phi) is 3.83. The van der Waals surface area contributed by atoms with E-state index < -0.39 is 0 Å². The summed E-state index contributed by atoms with van der Waals surface area (Å²) in [6.07, 6.45) is 2.47. The van der Waals surface area contributed by atoms with Crippen LogP contribution in [-0.2, 0) is 4.74 Å². The topological polar surface area (TPSA) is 38.5 Å². The van der Waals surface area contributed by atoms with Crippen LogP contribution >= 0.6 is 0 Å². The molecule has 1 aliphatic heterocycles. The van der Waals surface area contributed by atoms with Crippen molar-refractivity contribution in [2.45, 2.75) is 12.8 Å². The second-order valence-electron chi connectivity index (χ2n) is 3.21. The monoisotopic (exact) mass is 158 g/mol. The molecular formula is C8H18N2O. The minimum atomic E-state index is 0.753. The first kappa shape index (κ1) is 8.97. The Morgan fingerprint density at radius 3 is 2.55 bits per heavy atom. The predicted octanol–water partition coefficient (Wildman–Crippen LogP) is 0.261. The lowest BCUT2D eigenvalue weighted by Crippen LogP contribution is -2.37. The number of methoxy groups -OCH3 is 1. The Balaban J connectivity index is 2.14. The highest BCUT2D eigenvalue weighted by Gasteiger charge is 2.16. The maximum absolute atomic E-state index is 5.57. The summed E-state index contributed by atoms with van der Waals surface area (Å²) in [6.45, 7) is 3.92. The molecule has 0 amide bonds. The Bertz CT molecular complexity index is 100. The molecule has 0 atom stereocenters. The molecule has 3 heteroatoms. The van der Waals surface area contributed by atoms with Gasteiger partial charge in [-0.05, 0) is 25.3 Å². The van der Waals surface area contributed by atoms with Crippen molar-refractivity contribution >= 4 is 0 Å². The van der Waals surface area contributed by atoms with Gasteiger partial charge in [0.05, 0.1) is 6.73 Å². The summed E-state index contributed by atoms with van der Waals surface area (Å²) in [5.41, 5.74) is 5.57. The highest BCUT2D eigenvalue weighted by Crippen LogP contribution is 2.14. The number of likely N-dealkylation sites (tertiary alicyclic amines) is 1. The molecule has 3 nitrogen and oxygen atoms in total. The molecule has 0 unspecified atom stereocenters. The number of hydrogen-bond donors (Lipinski definition) is 1. The molecule has 11 heavy (non-hydrogen) atoms. The van der Waals surface area contributed by atoms with E-state index in [1.807, 2.05) is 0 Å². The van der Waals surface area contributed by atoms with Crippen molar-refractivity contribution in [1.82, 2.24) is 4.90 Å². The largest absolute Gasteiger partial charge is 0.369 e. The third-order valence-corrected chi connectivity index (χ3v) is 2.35. The van der Waals surface area contributed by atoms with Gasteiger partial charge in [0.25, 0.3) is 0 Å². The van der Waals surface area contributed by atoms with Crippen molar-refractivity contribution in [2.24, 2.45) is 11.7 Å². The van der Waals surface area contributed by atoms with E-state index in [-0.39, 0.29) is 0 Å². The minimum absolute atomic E-state index is 0.753. The van der Waals surface area contributed by atoms with Crippen LogP contribution in [0.4, 0.5) is 0 Å². The summed E-state index contributed by atoms with van der Waals surface area (Å²) in [7, 11) is 1.75. The van der Waals surface area contributed by atoms with Gasteiger partial charge in [-0.2, -0.15) is 0 Å². The normalized spacial score (nSPS) is 22.4. The first-order valence-electron chi connectivity index (χ1n) is 4.28. The zero-order chi connectivity index (χ0) is 8.10. The molecule has 0 aliphatic carbocycles. The van der Waals surface area contributed by atoms with E-state index in [1.165, 1.54) is 12.8 Å². The molecule has 1 saturated heterocycles. The van der Waals surface area contributed by atoms with E-state index >= 15 is 0 Å². The van der Waals surface area contributed by atoms with Crippen molar-refractivity contribution < 1.29 is 4.74 Å². The number of ether oxygens (including phenoxy) is 1. The third kappa shape index (κ3) is 2.77. The second-order valence-corrected chi connectivity index (χ2v) is 3.21. The molecule has 0 aromatic carbocycles. The maximum Gasteiger partial charge on any atom is 0.0986 e. The number of piperidine rings is 1. The number of nitrogens with two attached hydrogens (primary N) is 1. The van der Waals surface area contributed by atoms with E-state index in [1.54, 1.807) is 7.11 Å². The summed E-state index contributed by atoms with van der Waals surface area (Å²) in [5, 5.41) is 0. The van der Waals surface area contributed by atoms with Crippen LogP contribution in [0.2, 0.25) is 0 Å². The molecule has 1 aliphatic rings. The molecule has 0 radical (unpaired) electrons. The van der Waals surface area contributed by atoms with Gasteiger partial charge >= 0.3 is 0 Å². The molecule has 2 N–H and O–H groups in total. The number of hydrogen-bond acceptors (Lipinski definition) is 3. The van der Waals surface area contributed by atoms with E-state index in [0.29, 0.717) is 0 Å². The quantitative estimate of drug-likeness (QED) is 0.640. The Labute approximate surface area is 68.5 Å². The van der Waals surface area contributed by atoms with Crippen molar-refractivity contribution in [3.05, 3.63) is 0 Å². The van der Waals surface area contributed by atoms with Crippen LogP contribution in [0.25, 0.3) is 0 Å². The average Bonchev–Trinajstić information content (AvgIpc) is 2.07. The van der Waals surface area contributed by atoms with Crippen LogP contribution in [0.5, 0.6) is 0 Å². The van der Waals surface area contributed by atoms with E-state index in [2.05, 4.69) is 4.90 Å². The summed E-state index contributed by atoms with van der Waals surface area (Å²) >= 11 is 0. The van der Waals surface area contributed by atoms with Gasteiger partial charge in [0.15, 0.2) is 0 Å². The number of rotatable bonds is 3. The predicted molar refractivity (Wildman–Crippen MR) is 45.2 cm³/mol. The van der Waals surface area contributed by atoms with Crippen molar-refractivity contribution in [3.8, 4) is 0 Å². The molecule has 0 saturated carbocycles. The standard InChI is InChI=1S/C8H18N2O/c1-11-7-10-4-2-8(6-9)3-5-10/h8H,2-7,9H2,1H3. The van der Waals surface area contributed by atoms with Crippen molar-refractivity contribution in [1.29, 1.82) is 0 Å². The van der Waals surface area contributed by atoms with Crippen molar-refractivity contribution in [2.75, 3.05) is 33.5 Å². The van der Waals surface area contributed by atoms with Crippen molar-refractivity contribution in [3.63, 3.8) is 0 Å². The van der Waals surface area contributed by atoms with Crippen LogP contribution in [0.1, 0.15) is 12.8 Å². The minimum Gasteiger partial charge on any atom is -0.369 e. The summed E-state index contributed by atoms with van der Waals surface area (Å²) in [5.74, 6) is 0.753. The Morgan fingerprint density at radius 1 is 1.45 bits per heavy atom. The van der Waals surface area contributed by atoms with Gasteiger partial charge in [-0.1, -0.05) is 0 Å². The van der Waals surface area contributed by atoms with Gasteiger partial charge in [-0.15, -0.1) is 0 Å². The molecule has 1 rings (SSSR count). The summed E-state index contributed by atoms with van der Waals surface area (Å²) in [6, 6.07) is 0. The molecule has 0 bridgehead atoms. The zero-order valence-electron chi connectivity index (χ0n) is 7.25. The molecule has 0 spiro atoms. The van der Waals surface area contributed by atoms with Gasteiger partial charge in [-0.3, -0.25) is 4.90 Å². The van der Waals surface area contributed by atoms with Crippen LogP contribution in [0, 0.1) is 5.92 Å². The first-order valence-corrected chi connectivity index (χ1v) is 4.28. The highest BCUT2D eigenvalue weighted by molar-refractivity contribution is 4.70. The maximum atomic E-state index is 5.57. The van der Waals surface area contributed by atoms with Crippen LogP contribution in [-0.4, -0.2) is 38.4 Å². The molecule has 0 aromatic rings. The molecule has 0 aromatic heterocycles. The van der Waals surface area contributed by atoms with Gasteiger partial charge in [0, 0.05) is 20.2 Å². The molecular weight excluding hydrogens is 140 g/mol. The lowest BCUT2D eigenvalue weighted by Gasteiger charge is -2.30. The third-order valence-electron chi connectivity index (χ3n) is 2.35. The fourth-order valence-electron chi connectivity index (χ4n) is 1.53. The van der Waals surface area contributed by atoms with Gasteiger partial charge < -0.3 is 10.5 Å². The highest BCUT2D eigenvalue weighted by atomic mass is 16.5. The van der Waals surface area contributed by atoms with E-state index in [9.17, 15) is 0 Å². The Hall–Kier alpha value is -0.120. The SMILES string of the molecule is COCN1CCC(CN)CC1. The van der Waals surface area contributed by atoms with Crippen LogP contribution in [0.15, 0.2) is 0 Å². The Morgan fingerprint density at radius 2 is 2.09 bits per heavy atom. The summed E-state index contributed by atoms with van der Waals surface area (Å²) < 4.78 is 5.04. The summed E-state index contributed by atoms with van der Waals surface area (Å²) in [4.78, 5) is 2.33. The fourth-order valence-corrected chi connectivity index (χ4v) is 1.53. The van der Waals surface area contributed by atoms with E-state index in [0.717, 1.165) is 32.3 Å². The molecule has 66 valence electrons. The second kappa shape index (κ2) is 4.70. The smallest absolute Gasteiger partial charge is 0.0986 e.